The van der Waals surface area contributed by atoms with Gasteiger partial charge in [-0.2, -0.15) is 4.98 Å². The summed E-state index contributed by atoms with van der Waals surface area (Å²) in [5, 5.41) is 7.42. The van der Waals surface area contributed by atoms with Crippen molar-refractivity contribution in [3.05, 3.63) is 46.0 Å². The predicted molar refractivity (Wildman–Crippen MR) is 179 cm³/mol. The summed E-state index contributed by atoms with van der Waals surface area (Å²) < 4.78 is 7.65. The number of Topliss-reactive ketones (excluding diaryl/α,β-unsaturated/α-hetero) is 1. The van der Waals surface area contributed by atoms with Crippen LogP contribution in [-0.4, -0.2) is 113 Å². The van der Waals surface area contributed by atoms with Crippen molar-refractivity contribution < 1.29 is 9.53 Å². The number of ether oxygens (including phenoxy) is 1. The minimum atomic E-state index is -0.246. The maximum absolute atomic E-state index is 13.5. The molecule has 3 aromatic heterocycles. The first-order valence-corrected chi connectivity index (χ1v) is 17.1. The van der Waals surface area contributed by atoms with Gasteiger partial charge in [-0.05, 0) is 70.3 Å². The fourth-order valence-electron chi connectivity index (χ4n) is 7.91. The molecule has 4 fully saturated rings. The van der Waals surface area contributed by atoms with E-state index < -0.39 is 0 Å². The molecule has 3 aromatic rings. The van der Waals surface area contributed by atoms with Crippen LogP contribution in [0.3, 0.4) is 0 Å². The van der Waals surface area contributed by atoms with Crippen LogP contribution in [0.1, 0.15) is 67.4 Å². The lowest BCUT2D eigenvalue weighted by Gasteiger charge is -2.43. The summed E-state index contributed by atoms with van der Waals surface area (Å²) in [7, 11) is 0. The molecule has 0 bridgehead atoms. The van der Waals surface area contributed by atoms with Gasteiger partial charge in [0.2, 0.25) is 5.95 Å². The number of piperidine rings is 1. The number of aryl methyl sites for hydroxylation is 1. The molecule has 3 aliphatic heterocycles. The maximum Gasteiger partial charge on any atom is 0.263 e. The number of nitrogens with zero attached hydrogens (tertiary/aromatic N) is 7. The quantitative estimate of drug-likeness (QED) is 0.358. The molecule has 0 aromatic carbocycles. The van der Waals surface area contributed by atoms with Gasteiger partial charge in [-0.1, -0.05) is 12.8 Å². The first-order valence-electron chi connectivity index (χ1n) is 17.1. The van der Waals surface area contributed by atoms with Crippen molar-refractivity contribution in [2.75, 3.05) is 75.7 Å². The predicted octanol–water partition coefficient (Wildman–Crippen LogP) is 3.13. The first kappa shape index (κ1) is 31.2. The summed E-state index contributed by atoms with van der Waals surface area (Å²) in [6.45, 7) is 13.5. The second kappa shape index (κ2) is 13.7. The van der Waals surface area contributed by atoms with E-state index >= 15 is 0 Å². The number of likely N-dealkylation sites (tertiary alicyclic amines) is 1. The average Bonchev–Trinajstić information content (AvgIpc) is 3.61. The molecule has 46 heavy (non-hydrogen) atoms. The highest BCUT2D eigenvalue weighted by Crippen LogP contribution is 2.32. The summed E-state index contributed by atoms with van der Waals surface area (Å²) in [5.41, 5.74) is 2.33. The molecule has 1 atom stereocenters. The Morgan fingerprint density at radius 2 is 1.78 bits per heavy atom. The molecule has 4 aliphatic rings. The Morgan fingerprint density at radius 3 is 2.46 bits per heavy atom. The standard InChI is InChI=1S/C34H47N9O3/c1-23-29-21-37-34(39-32(29)43(26-5-3-4-6-26)33(45)31(23)24(2)44)38-30-8-7-27(19-36-30)42-16-14-41(15-17-42)25-9-12-40(13-10-25)22-28-20-35-11-18-46-28/h7-8,19,21,25-26,28,35H,3-6,9-18,20,22H2,1-2H3,(H,36,37,38,39)/t28-/m0/s1. The zero-order valence-electron chi connectivity index (χ0n) is 27.2. The number of carbonyl (C=O) groups excluding carboxylic acids is 1. The molecular weight excluding hydrogens is 582 g/mol. The highest BCUT2D eigenvalue weighted by Gasteiger charge is 2.29. The average molecular weight is 630 g/mol. The van der Waals surface area contributed by atoms with E-state index in [1.165, 1.54) is 19.8 Å². The number of nitrogens with one attached hydrogen (secondary N) is 2. The van der Waals surface area contributed by atoms with Crippen LogP contribution in [-0.2, 0) is 4.74 Å². The van der Waals surface area contributed by atoms with Gasteiger partial charge in [-0.15, -0.1) is 0 Å². The molecule has 0 amide bonds. The monoisotopic (exact) mass is 629 g/mol. The number of fused-ring (bicyclic) bond motifs is 1. The Kier molecular flexibility index (Phi) is 9.30. The van der Waals surface area contributed by atoms with Crippen molar-refractivity contribution >= 4 is 34.3 Å². The van der Waals surface area contributed by atoms with E-state index in [4.69, 9.17) is 9.72 Å². The van der Waals surface area contributed by atoms with Crippen LogP contribution in [0, 0.1) is 6.92 Å². The van der Waals surface area contributed by atoms with Crippen molar-refractivity contribution in [3.63, 3.8) is 0 Å². The number of pyridine rings is 2. The third-order valence-corrected chi connectivity index (χ3v) is 10.5. The van der Waals surface area contributed by atoms with E-state index in [-0.39, 0.29) is 22.9 Å². The number of carbonyl (C=O) groups is 1. The molecule has 0 radical (unpaired) electrons. The van der Waals surface area contributed by atoms with Crippen LogP contribution in [0.25, 0.3) is 11.0 Å². The van der Waals surface area contributed by atoms with E-state index in [2.05, 4.69) is 41.4 Å². The van der Waals surface area contributed by atoms with E-state index in [9.17, 15) is 9.59 Å². The van der Waals surface area contributed by atoms with Gasteiger partial charge in [0.1, 0.15) is 11.5 Å². The highest BCUT2D eigenvalue weighted by molar-refractivity contribution is 5.99. The summed E-state index contributed by atoms with van der Waals surface area (Å²) in [6.07, 6.45) is 10.4. The number of anilines is 3. The zero-order valence-corrected chi connectivity index (χ0v) is 27.2. The number of piperazine rings is 1. The van der Waals surface area contributed by atoms with Gasteiger partial charge in [0, 0.05) is 69.5 Å². The molecule has 1 saturated carbocycles. The molecule has 246 valence electrons. The Labute approximate surface area is 270 Å². The van der Waals surface area contributed by atoms with Crippen LogP contribution in [0.15, 0.2) is 29.3 Å². The number of hydrogen-bond acceptors (Lipinski definition) is 11. The second-order valence-electron chi connectivity index (χ2n) is 13.4. The van der Waals surface area contributed by atoms with Crippen molar-refractivity contribution in [1.82, 2.24) is 34.6 Å². The van der Waals surface area contributed by atoms with Crippen LogP contribution >= 0.6 is 0 Å². The number of hydrogen-bond donors (Lipinski definition) is 2. The van der Waals surface area contributed by atoms with E-state index in [1.54, 1.807) is 10.8 Å². The molecular formula is C34H47N9O3. The molecule has 0 spiro atoms. The van der Waals surface area contributed by atoms with Crippen LogP contribution in [0.4, 0.5) is 17.5 Å². The highest BCUT2D eigenvalue weighted by atomic mass is 16.5. The summed E-state index contributed by atoms with van der Waals surface area (Å²) in [5.74, 6) is 0.815. The van der Waals surface area contributed by atoms with Gasteiger partial charge < -0.3 is 25.2 Å². The molecule has 12 nitrogen and oxygen atoms in total. The lowest BCUT2D eigenvalue weighted by atomic mass is 10.0. The SMILES string of the molecule is CC(=O)c1c(C)c2cnc(Nc3ccc(N4CCN(C5CCN(C[C@@H]6CNCCO6)CC5)CC4)cn3)nc2n(C2CCCC2)c1=O. The minimum absolute atomic E-state index is 0.0428. The number of rotatable bonds is 8. The Morgan fingerprint density at radius 1 is 1.00 bits per heavy atom. The third kappa shape index (κ3) is 6.53. The number of aromatic nitrogens is 4. The lowest BCUT2D eigenvalue weighted by molar-refractivity contribution is -0.00421. The molecule has 3 saturated heterocycles. The molecule has 0 unspecified atom stereocenters. The van der Waals surface area contributed by atoms with E-state index in [0.29, 0.717) is 35.1 Å². The summed E-state index contributed by atoms with van der Waals surface area (Å²) >= 11 is 0. The van der Waals surface area contributed by atoms with Crippen LogP contribution < -0.4 is 21.1 Å². The largest absolute Gasteiger partial charge is 0.374 e. The van der Waals surface area contributed by atoms with E-state index in [0.717, 1.165) is 102 Å². The van der Waals surface area contributed by atoms with Crippen molar-refractivity contribution in [2.45, 2.75) is 70.6 Å². The number of morpholine rings is 1. The molecule has 1 aliphatic carbocycles. The fourth-order valence-corrected chi connectivity index (χ4v) is 7.91. The molecule has 6 heterocycles. The number of ketones is 1. The van der Waals surface area contributed by atoms with Gasteiger partial charge in [-0.25, -0.2) is 9.97 Å². The molecule has 12 heteroatoms. The van der Waals surface area contributed by atoms with Gasteiger partial charge in [0.15, 0.2) is 5.78 Å². The minimum Gasteiger partial charge on any atom is -0.374 e. The Balaban J connectivity index is 0.968. The van der Waals surface area contributed by atoms with Gasteiger partial charge in [0.25, 0.3) is 5.56 Å². The van der Waals surface area contributed by atoms with E-state index in [1.807, 2.05) is 19.2 Å². The van der Waals surface area contributed by atoms with Gasteiger partial charge in [0.05, 0.1) is 30.2 Å². The normalized spacial score (nSPS) is 22.5. The zero-order chi connectivity index (χ0) is 31.6. The topological polar surface area (TPSA) is 121 Å². The van der Waals surface area contributed by atoms with Crippen LogP contribution in [0.5, 0.6) is 0 Å². The maximum atomic E-state index is 13.5. The first-order chi connectivity index (χ1) is 22.4. The Hall–Kier alpha value is -3.45. The molecule has 7 rings (SSSR count). The van der Waals surface area contributed by atoms with Crippen molar-refractivity contribution in [2.24, 2.45) is 0 Å². The summed E-state index contributed by atoms with van der Waals surface area (Å²) in [6, 6.07) is 4.77. The smallest absolute Gasteiger partial charge is 0.263 e. The summed E-state index contributed by atoms with van der Waals surface area (Å²) in [4.78, 5) is 47.6. The lowest BCUT2D eigenvalue weighted by Crippen LogP contribution is -2.54. The third-order valence-electron chi connectivity index (χ3n) is 10.5. The van der Waals surface area contributed by atoms with Crippen molar-refractivity contribution in [3.8, 4) is 0 Å². The Bertz CT molecular complexity index is 1580. The fraction of sp³-hybridized carbons (Fsp3) is 0.618. The van der Waals surface area contributed by atoms with Gasteiger partial charge >= 0.3 is 0 Å². The molecule has 2 N–H and O–H groups in total. The van der Waals surface area contributed by atoms with Crippen molar-refractivity contribution in [1.29, 1.82) is 0 Å². The second-order valence-corrected chi connectivity index (χ2v) is 13.4. The van der Waals surface area contributed by atoms with Gasteiger partial charge in [-0.3, -0.25) is 19.1 Å². The van der Waals surface area contributed by atoms with Crippen LogP contribution in [0.2, 0.25) is 0 Å².